The van der Waals surface area contributed by atoms with Crippen molar-refractivity contribution in [2.75, 3.05) is 31.2 Å². The maximum absolute atomic E-state index is 13.4. The number of hydrogen-bond donors (Lipinski definition) is 0. The van der Waals surface area contributed by atoms with Crippen LogP contribution >= 0.6 is 11.5 Å². The second-order valence-corrected chi connectivity index (χ2v) is 7.47. The Morgan fingerprint density at radius 2 is 1.92 bits per heavy atom. The van der Waals surface area contributed by atoms with Gasteiger partial charge < -0.3 is 9.64 Å². The Kier molecular flexibility index (Phi) is 4.22. The molecule has 0 bridgehead atoms. The third-order valence-electron chi connectivity index (χ3n) is 4.87. The molecule has 1 aromatic carbocycles. The van der Waals surface area contributed by atoms with Crippen LogP contribution in [0.1, 0.15) is 25.7 Å². The zero-order valence-electron chi connectivity index (χ0n) is 13.3. The van der Waals surface area contributed by atoms with Crippen LogP contribution in [-0.4, -0.2) is 35.7 Å². The Morgan fingerprint density at radius 3 is 2.67 bits per heavy atom. The van der Waals surface area contributed by atoms with Crippen molar-refractivity contribution < 1.29 is 13.5 Å². The van der Waals surface area contributed by atoms with Crippen LogP contribution in [0.25, 0.3) is 11.4 Å². The summed E-state index contributed by atoms with van der Waals surface area (Å²) in [6, 6.07) is 3.39. The maximum Gasteiger partial charge on any atom is 0.205 e. The molecule has 1 aromatic heterocycles. The SMILES string of the molecule is Fc1cc(F)cc(-c2nsc(N3CCCC4(CCCOC4)C3)n2)c1. The first-order valence-electron chi connectivity index (χ1n) is 8.27. The molecule has 2 fully saturated rings. The highest BCUT2D eigenvalue weighted by Crippen LogP contribution is 2.39. The molecule has 2 aliphatic rings. The molecular formula is C17H19F2N3OS. The molecule has 1 atom stereocenters. The molecule has 4 nitrogen and oxygen atoms in total. The minimum absolute atomic E-state index is 0.216. The monoisotopic (exact) mass is 351 g/mol. The molecule has 2 aliphatic heterocycles. The Balaban J connectivity index is 1.56. The zero-order chi connectivity index (χ0) is 16.6. The van der Waals surface area contributed by atoms with E-state index < -0.39 is 11.6 Å². The standard InChI is InChI=1S/C17H19F2N3OS/c18-13-7-12(8-14(19)9-13)15-20-16(24-21-15)22-5-1-3-17(10-22)4-2-6-23-11-17/h7-9H,1-6,10-11H2. The molecule has 3 heterocycles. The zero-order valence-corrected chi connectivity index (χ0v) is 14.1. The lowest BCUT2D eigenvalue weighted by atomic mass is 9.76. The van der Waals surface area contributed by atoms with Gasteiger partial charge in [0.1, 0.15) is 11.6 Å². The smallest absolute Gasteiger partial charge is 0.205 e. The van der Waals surface area contributed by atoms with E-state index >= 15 is 0 Å². The van der Waals surface area contributed by atoms with Gasteiger partial charge in [0.05, 0.1) is 6.61 Å². The van der Waals surface area contributed by atoms with Crippen molar-refractivity contribution in [3.05, 3.63) is 29.8 Å². The summed E-state index contributed by atoms with van der Waals surface area (Å²) in [6.45, 7) is 3.52. The first-order valence-corrected chi connectivity index (χ1v) is 9.04. The van der Waals surface area contributed by atoms with Gasteiger partial charge in [-0.1, -0.05) is 0 Å². The maximum atomic E-state index is 13.4. The van der Waals surface area contributed by atoms with E-state index in [0.717, 1.165) is 50.3 Å². The summed E-state index contributed by atoms with van der Waals surface area (Å²) in [5.74, 6) is -0.844. The van der Waals surface area contributed by atoms with Gasteiger partial charge in [-0.25, -0.2) is 8.78 Å². The van der Waals surface area contributed by atoms with Crippen molar-refractivity contribution >= 4 is 16.7 Å². The molecular weight excluding hydrogens is 332 g/mol. The van der Waals surface area contributed by atoms with Gasteiger partial charge in [0.15, 0.2) is 5.82 Å². The van der Waals surface area contributed by atoms with E-state index in [1.54, 1.807) is 0 Å². The number of ether oxygens (including phenoxy) is 1. The van der Waals surface area contributed by atoms with Crippen molar-refractivity contribution in [1.29, 1.82) is 0 Å². The summed E-state index contributed by atoms with van der Waals surface area (Å²) < 4.78 is 36.8. The molecule has 0 radical (unpaired) electrons. The number of piperidine rings is 1. The number of benzene rings is 1. The predicted octanol–water partition coefficient (Wildman–Crippen LogP) is 3.88. The topological polar surface area (TPSA) is 38.2 Å². The Labute approximate surface area is 143 Å². The molecule has 0 aliphatic carbocycles. The van der Waals surface area contributed by atoms with Crippen LogP contribution in [-0.2, 0) is 4.74 Å². The number of anilines is 1. The molecule has 1 unspecified atom stereocenters. The van der Waals surface area contributed by atoms with Crippen molar-refractivity contribution in [2.45, 2.75) is 25.7 Å². The van der Waals surface area contributed by atoms with Crippen molar-refractivity contribution in [1.82, 2.24) is 9.36 Å². The van der Waals surface area contributed by atoms with E-state index in [-0.39, 0.29) is 5.41 Å². The fourth-order valence-electron chi connectivity index (χ4n) is 3.75. The molecule has 0 saturated carbocycles. The minimum Gasteiger partial charge on any atom is -0.381 e. The van der Waals surface area contributed by atoms with Crippen LogP contribution < -0.4 is 4.90 Å². The largest absolute Gasteiger partial charge is 0.381 e. The third kappa shape index (κ3) is 3.15. The van der Waals surface area contributed by atoms with Crippen LogP contribution in [0.4, 0.5) is 13.9 Å². The predicted molar refractivity (Wildman–Crippen MR) is 89.2 cm³/mol. The third-order valence-corrected chi connectivity index (χ3v) is 5.65. The summed E-state index contributed by atoms with van der Waals surface area (Å²) in [5, 5.41) is 0.819. The van der Waals surface area contributed by atoms with Crippen LogP contribution in [0.3, 0.4) is 0 Å². The van der Waals surface area contributed by atoms with Crippen LogP contribution in [0.5, 0.6) is 0 Å². The van der Waals surface area contributed by atoms with Gasteiger partial charge in [-0.2, -0.15) is 9.36 Å². The highest BCUT2D eigenvalue weighted by atomic mass is 32.1. The first-order chi connectivity index (χ1) is 11.6. The molecule has 0 N–H and O–H groups in total. The molecule has 7 heteroatoms. The molecule has 2 saturated heterocycles. The van der Waals surface area contributed by atoms with Gasteiger partial charge in [-0.05, 0) is 37.8 Å². The summed E-state index contributed by atoms with van der Waals surface area (Å²) >= 11 is 1.29. The average Bonchev–Trinajstić information content (AvgIpc) is 3.05. The fraction of sp³-hybridized carbons (Fsp3) is 0.529. The van der Waals surface area contributed by atoms with Gasteiger partial charge in [-0.3, -0.25) is 0 Å². The molecule has 128 valence electrons. The van der Waals surface area contributed by atoms with E-state index in [1.165, 1.54) is 36.5 Å². The van der Waals surface area contributed by atoms with Crippen LogP contribution in [0.2, 0.25) is 0 Å². The van der Waals surface area contributed by atoms with Gasteiger partial charge in [-0.15, -0.1) is 0 Å². The number of nitrogens with zero attached hydrogens (tertiary/aromatic N) is 3. The van der Waals surface area contributed by atoms with Crippen LogP contribution in [0, 0.1) is 17.0 Å². The van der Waals surface area contributed by atoms with Crippen molar-refractivity contribution in [3.63, 3.8) is 0 Å². The molecule has 4 rings (SSSR count). The first kappa shape index (κ1) is 15.9. The highest BCUT2D eigenvalue weighted by molar-refractivity contribution is 7.09. The summed E-state index contributed by atoms with van der Waals surface area (Å²) in [4.78, 5) is 6.77. The van der Waals surface area contributed by atoms with E-state index in [1.807, 2.05) is 0 Å². The second kappa shape index (κ2) is 6.37. The average molecular weight is 351 g/mol. The lowest BCUT2D eigenvalue weighted by Crippen LogP contribution is -2.47. The number of aromatic nitrogens is 2. The minimum atomic E-state index is -0.613. The lowest BCUT2D eigenvalue weighted by molar-refractivity contribution is -0.0150. The fourth-order valence-corrected chi connectivity index (χ4v) is 4.46. The summed E-state index contributed by atoms with van der Waals surface area (Å²) in [7, 11) is 0. The van der Waals surface area contributed by atoms with E-state index in [0.29, 0.717) is 11.4 Å². The van der Waals surface area contributed by atoms with Gasteiger partial charge in [0.25, 0.3) is 0 Å². The summed E-state index contributed by atoms with van der Waals surface area (Å²) in [6.07, 6.45) is 4.58. The van der Waals surface area contributed by atoms with E-state index in [9.17, 15) is 8.78 Å². The van der Waals surface area contributed by atoms with Gasteiger partial charge in [0.2, 0.25) is 5.13 Å². The quantitative estimate of drug-likeness (QED) is 0.823. The van der Waals surface area contributed by atoms with Gasteiger partial charge >= 0.3 is 0 Å². The molecule has 24 heavy (non-hydrogen) atoms. The normalized spacial score (nSPS) is 24.5. The highest BCUT2D eigenvalue weighted by Gasteiger charge is 2.38. The summed E-state index contributed by atoms with van der Waals surface area (Å²) in [5.41, 5.74) is 0.593. The lowest BCUT2D eigenvalue weighted by Gasteiger charge is -2.44. The van der Waals surface area contributed by atoms with Crippen LogP contribution in [0.15, 0.2) is 18.2 Å². The number of rotatable bonds is 2. The number of hydrogen-bond acceptors (Lipinski definition) is 5. The van der Waals surface area contributed by atoms with E-state index in [4.69, 9.17) is 4.74 Å². The van der Waals surface area contributed by atoms with Crippen molar-refractivity contribution in [2.24, 2.45) is 5.41 Å². The molecule has 1 spiro atoms. The Morgan fingerprint density at radius 1 is 1.12 bits per heavy atom. The van der Waals surface area contributed by atoms with Gasteiger partial charge in [0, 0.05) is 48.3 Å². The second-order valence-electron chi connectivity index (χ2n) is 6.74. The van der Waals surface area contributed by atoms with E-state index in [2.05, 4.69) is 14.3 Å². The molecule has 0 amide bonds. The Hall–Kier alpha value is -1.60. The molecule has 2 aromatic rings. The van der Waals surface area contributed by atoms with Crippen molar-refractivity contribution in [3.8, 4) is 11.4 Å². The number of halogens is 2. The Bertz CT molecular complexity index is 705.